The van der Waals surface area contributed by atoms with E-state index < -0.39 is 5.91 Å². The molecule has 0 fully saturated rings. The molecule has 1 aromatic carbocycles. The fraction of sp³-hybridized carbons (Fsp3) is 0.0769. The fourth-order valence-corrected chi connectivity index (χ4v) is 2.38. The van der Waals surface area contributed by atoms with Crippen LogP contribution >= 0.6 is 23.2 Å². The van der Waals surface area contributed by atoms with Crippen LogP contribution in [0.4, 0.5) is 5.69 Å². The quantitative estimate of drug-likeness (QED) is 0.756. The minimum absolute atomic E-state index is 0.0135. The Kier molecular flexibility index (Phi) is 4.01. The van der Waals surface area contributed by atoms with E-state index in [2.05, 4.69) is 0 Å². The monoisotopic (exact) mass is 310 g/mol. The van der Waals surface area contributed by atoms with Crippen LogP contribution in [0.3, 0.4) is 0 Å². The van der Waals surface area contributed by atoms with Gasteiger partial charge in [0.15, 0.2) is 0 Å². The summed E-state index contributed by atoms with van der Waals surface area (Å²) in [6.07, 6.45) is 1.55. The summed E-state index contributed by atoms with van der Waals surface area (Å²) in [6.45, 7) is 0.310. The summed E-state index contributed by atoms with van der Waals surface area (Å²) >= 11 is 11.9. The summed E-state index contributed by atoms with van der Waals surface area (Å²) in [4.78, 5) is 11.3. The lowest BCUT2D eigenvalue weighted by Gasteiger charge is -2.11. The lowest BCUT2D eigenvalue weighted by atomic mass is 10.2. The maximum atomic E-state index is 11.3. The maximum absolute atomic E-state index is 11.3. The zero-order valence-corrected chi connectivity index (χ0v) is 11.9. The standard InChI is InChI=1S/C13H12Cl2N4O/c14-8-1-7(2-10(16)3-8)5-19-6-9(15)4-11(12(19)17)13(18)20/h1-4,6,17H,5,16H2,(H2,18,20). The van der Waals surface area contributed by atoms with Crippen molar-refractivity contribution in [1.82, 2.24) is 4.57 Å². The molecule has 0 aliphatic carbocycles. The second-order valence-corrected chi connectivity index (χ2v) is 5.18. The average Bonchev–Trinajstić information content (AvgIpc) is 2.31. The van der Waals surface area contributed by atoms with E-state index in [9.17, 15) is 4.79 Å². The summed E-state index contributed by atoms with van der Waals surface area (Å²) in [5.41, 5.74) is 12.3. The van der Waals surface area contributed by atoms with Gasteiger partial charge in [0.1, 0.15) is 5.49 Å². The number of carbonyl (C=O) groups is 1. The molecule has 7 heteroatoms. The van der Waals surface area contributed by atoms with Crippen molar-refractivity contribution in [1.29, 1.82) is 5.41 Å². The average molecular weight is 311 g/mol. The molecule has 0 radical (unpaired) electrons. The molecule has 104 valence electrons. The molecule has 0 bridgehead atoms. The highest BCUT2D eigenvalue weighted by Crippen LogP contribution is 2.17. The predicted molar refractivity (Wildman–Crippen MR) is 78.8 cm³/mol. The van der Waals surface area contributed by atoms with Gasteiger partial charge in [0, 0.05) is 23.5 Å². The first-order valence-electron chi connectivity index (χ1n) is 5.66. The number of nitrogens with two attached hydrogens (primary N) is 2. The summed E-state index contributed by atoms with van der Waals surface area (Å²) in [6, 6.07) is 6.47. The lowest BCUT2D eigenvalue weighted by molar-refractivity contribution is 0.0998. The van der Waals surface area contributed by atoms with Crippen molar-refractivity contribution in [3.8, 4) is 0 Å². The third-order valence-electron chi connectivity index (χ3n) is 2.70. The van der Waals surface area contributed by atoms with E-state index >= 15 is 0 Å². The smallest absolute Gasteiger partial charge is 0.252 e. The number of nitrogens with zero attached hydrogens (tertiary/aromatic N) is 1. The zero-order chi connectivity index (χ0) is 14.9. The van der Waals surface area contributed by atoms with E-state index in [1.165, 1.54) is 10.6 Å². The molecule has 0 aliphatic heterocycles. The van der Waals surface area contributed by atoms with E-state index in [1.54, 1.807) is 24.4 Å². The Morgan fingerprint density at radius 3 is 2.50 bits per heavy atom. The Hall–Kier alpha value is -1.98. The number of rotatable bonds is 3. The highest BCUT2D eigenvalue weighted by Gasteiger charge is 2.09. The number of nitrogens with one attached hydrogen (secondary N) is 1. The Morgan fingerprint density at radius 2 is 1.90 bits per heavy atom. The van der Waals surface area contributed by atoms with Gasteiger partial charge in [-0.2, -0.15) is 0 Å². The van der Waals surface area contributed by atoms with Gasteiger partial charge in [-0.3, -0.25) is 10.2 Å². The molecule has 5 nitrogen and oxygen atoms in total. The molecule has 20 heavy (non-hydrogen) atoms. The maximum Gasteiger partial charge on any atom is 0.252 e. The zero-order valence-electron chi connectivity index (χ0n) is 10.4. The normalized spacial score (nSPS) is 10.5. The van der Waals surface area contributed by atoms with Gasteiger partial charge < -0.3 is 16.0 Å². The fourth-order valence-electron chi connectivity index (χ4n) is 1.89. The van der Waals surface area contributed by atoms with Crippen molar-refractivity contribution >= 4 is 34.8 Å². The first-order valence-corrected chi connectivity index (χ1v) is 6.42. The van der Waals surface area contributed by atoms with Crippen LogP contribution in [0.15, 0.2) is 30.5 Å². The molecule has 0 saturated heterocycles. The number of anilines is 1. The molecule has 1 aromatic heterocycles. The van der Waals surface area contributed by atoms with Crippen LogP contribution in [0, 0.1) is 5.41 Å². The third-order valence-corrected chi connectivity index (χ3v) is 3.13. The number of aromatic nitrogens is 1. The van der Waals surface area contributed by atoms with Crippen LogP contribution in [-0.2, 0) is 6.54 Å². The summed E-state index contributed by atoms with van der Waals surface area (Å²) < 4.78 is 1.51. The van der Waals surface area contributed by atoms with E-state index in [0.29, 0.717) is 22.3 Å². The van der Waals surface area contributed by atoms with Crippen molar-refractivity contribution in [3.63, 3.8) is 0 Å². The number of carbonyl (C=O) groups excluding carboxylic acids is 1. The van der Waals surface area contributed by atoms with Crippen molar-refractivity contribution in [2.24, 2.45) is 5.73 Å². The Morgan fingerprint density at radius 1 is 1.20 bits per heavy atom. The SMILES string of the molecule is N=c1c(C(N)=O)cc(Cl)cn1Cc1cc(N)cc(Cl)c1. The number of amides is 1. The predicted octanol–water partition coefficient (Wildman–Crippen LogP) is 2.00. The first kappa shape index (κ1) is 14.4. The van der Waals surface area contributed by atoms with Crippen molar-refractivity contribution < 1.29 is 4.79 Å². The van der Waals surface area contributed by atoms with Crippen LogP contribution < -0.4 is 17.0 Å². The minimum atomic E-state index is -0.697. The number of halogens is 2. The summed E-state index contributed by atoms with van der Waals surface area (Å²) in [5.74, 6) is -0.697. The molecule has 2 rings (SSSR count). The number of hydrogen-bond donors (Lipinski definition) is 3. The van der Waals surface area contributed by atoms with E-state index in [1.807, 2.05) is 0 Å². The largest absolute Gasteiger partial charge is 0.399 e. The lowest BCUT2D eigenvalue weighted by Crippen LogP contribution is -2.29. The van der Waals surface area contributed by atoms with Crippen LogP contribution in [0.2, 0.25) is 10.0 Å². The van der Waals surface area contributed by atoms with Crippen molar-refractivity contribution in [2.45, 2.75) is 6.54 Å². The Labute approximate surface area is 125 Å². The summed E-state index contributed by atoms with van der Waals surface area (Å²) in [7, 11) is 0. The van der Waals surface area contributed by atoms with Gasteiger partial charge in [0.25, 0.3) is 5.91 Å². The van der Waals surface area contributed by atoms with Gasteiger partial charge in [-0.15, -0.1) is 0 Å². The van der Waals surface area contributed by atoms with Gasteiger partial charge in [-0.05, 0) is 29.8 Å². The number of pyridine rings is 1. The molecule has 0 unspecified atom stereocenters. The molecule has 0 spiro atoms. The second kappa shape index (κ2) is 5.56. The molecule has 1 amide bonds. The number of benzene rings is 1. The summed E-state index contributed by atoms with van der Waals surface area (Å²) in [5, 5.41) is 8.80. The highest BCUT2D eigenvalue weighted by atomic mass is 35.5. The van der Waals surface area contributed by atoms with Crippen LogP contribution in [0.25, 0.3) is 0 Å². The van der Waals surface area contributed by atoms with E-state index in [0.717, 1.165) is 5.56 Å². The van der Waals surface area contributed by atoms with E-state index in [4.69, 9.17) is 40.1 Å². The molecule has 1 heterocycles. The highest BCUT2D eigenvalue weighted by molar-refractivity contribution is 6.31. The molecule has 0 atom stereocenters. The van der Waals surface area contributed by atoms with Crippen molar-refractivity contribution in [2.75, 3.05) is 5.73 Å². The second-order valence-electron chi connectivity index (χ2n) is 4.31. The van der Waals surface area contributed by atoms with Crippen molar-refractivity contribution in [3.05, 3.63) is 57.1 Å². The topological polar surface area (TPSA) is 97.9 Å². The molecular weight excluding hydrogens is 299 g/mol. The van der Waals surface area contributed by atoms with Crippen LogP contribution in [0.1, 0.15) is 15.9 Å². The molecule has 0 saturated carbocycles. The van der Waals surface area contributed by atoms with Gasteiger partial charge in [-0.25, -0.2) is 0 Å². The number of primary amides is 1. The molecule has 2 aromatic rings. The first-order chi connectivity index (χ1) is 9.36. The molecule has 0 aliphatic rings. The van der Waals surface area contributed by atoms with E-state index in [-0.39, 0.29) is 11.1 Å². The van der Waals surface area contributed by atoms with Gasteiger partial charge in [0.05, 0.1) is 10.6 Å². The third kappa shape index (κ3) is 3.12. The minimum Gasteiger partial charge on any atom is -0.399 e. The number of hydrogen-bond acceptors (Lipinski definition) is 3. The Bertz CT molecular complexity index is 719. The molecule has 5 N–H and O–H groups in total. The number of nitrogen functional groups attached to an aromatic ring is 1. The molecular formula is C13H12Cl2N4O. The Balaban J connectivity index is 2.48. The van der Waals surface area contributed by atoms with Gasteiger partial charge >= 0.3 is 0 Å². The van der Waals surface area contributed by atoms with Crippen LogP contribution in [-0.4, -0.2) is 10.5 Å². The van der Waals surface area contributed by atoms with Gasteiger partial charge in [0.2, 0.25) is 0 Å². The van der Waals surface area contributed by atoms with Crippen LogP contribution in [0.5, 0.6) is 0 Å². The van der Waals surface area contributed by atoms with Gasteiger partial charge in [-0.1, -0.05) is 23.2 Å².